The molecule has 2 aromatic rings. The number of hydrogen-bond donors (Lipinski definition) is 0. The van der Waals surface area contributed by atoms with Crippen LogP contribution in [0, 0.1) is 6.92 Å². The van der Waals surface area contributed by atoms with E-state index in [1.54, 1.807) is 11.8 Å². The molecule has 2 aromatic carbocycles. The van der Waals surface area contributed by atoms with Gasteiger partial charge in [-0.05, 0) is 55.5 Å². The zero-order valence-corrected chi connectivity index (χ0v) is 13.6. The van der Waals surface area contributed by atoms with Gasteiger partial charge in [0.25, 0.3) is 5.91 Å². The SMILES string of the molecule is CCN(Cc1ccccc1C)C(=O)c1ccc(SC)cc1. The summed E-state index contributed by atoms with van der Waals surface area (Å²) in [4.78, 5) is 15.7. The zero-order valence-electron chi connectivity index (χ0n) is 12.8. The van der Waals surface area contributed by atoms with Crippen molar-refractivity contribution in [3.8, 4) is 0 Å². The Balaban J connectivity index is 2.16. The molecule has 2 rings (SSSR count). The predicted molar refractivity (Wildman–Crippen MR) is 89.8 cm³/mol. The normalized spacial score (nSPS) is 10.4. The average Bonchev–Trinajstić information content (AvgIpc) is 2.53. The van der Waals surface area contributed by atoms with Gasteiger partial charge in [0.1, 0.15) is 0 Å². The van der Waals surface area contributed by atoms with Crippen LogP contribution >= 0.6 is 11.8 Å². The van der Waals surface area contributed by atoms with Gasteiger partial charge in [0, 0.05) is 23.5 Å². The fourth-order valence-electron chi connectivity index (χ4n) is 2.24. The Kier molecular flexibility index (Phi) is 5.45. The van der Waals surface area contributed by atoms with E-state index >= 15 is 0 Å². The van der Waals surface area contributed by atoms with Crippen molar-refractivity contribution in [1.82, 2.24) is 4.90 Å². The first-order chi connectivity index (χ1) is 10.2. The summed E-state index contributed by atoms with van der Waals surface area (Å²) < 4.78 is 0. The van der Waals surface area contributed by atoms with E-state index in [-0.39, 0.29) is 5.91 Å². The average molecular weight is 299 g/mol. The van der Waals surface area contributed by atoms with Gasteiger partial charge in [-0.1, -0.05) is 24.3 Å². The van der Waals surface area contributed by atoms with E-state index in [1.165, 1.54) is 16.0 Å². The van der Waals surface area contributed by atoms with E-state index in [1.807, 2.05) is 54.5 Å². The summed E-state index contributed by atoms with van der Waals surface area (Å²) >= 11 is 1.68. The Morgan fingerprint density at radius 3 is 2.33 bits per heavy atom. The third kappa shape index (κ3) is 3.88. The van der Waals surface area contributed by atoms with E-state index < -0.39 is 0 Å². The first-order valence-corrected chi connectivity index (χ1v) is 8.36. The van der Waals surface area contributed by atoms with Crippen LogP contribution in [-0.4, -0.2) is 23.6 Å². The van der Waals surface area contributed by atoms with Crippen LogP contribution in [0.4, 0.5) is 0 Å². The summed E-state index contributed by atoms with van der Waals surface area (Å²) in [6.45, 7) is 5.47. The van der Waals surface area contributed by atoms with Crippen molar-refractivity contribution in [2.45, 2.75) is 25.3 Å². The number of rotatable bonds is 5. The van der Waals surface area contributed by atoms with E-state index in [0.717, 1.165) is 5.56 Å². The molecule has 21 heavy (non-hydrogen) atoms. The van der Waals surface area contributed by atoms with E-state index in [4.69, 9.17) is 0 Å². The third-order valence-corrected chi connectivity index (χ3v) is 4.37. The molecular formula is C18H21NOS. The van der Waals surface area contributed by atoms with Gasteiger partial charge in [0.2, 0.25) is 0 Å². The number of amides is 1. The standard InChI is InChI=1S/C18H21NOS/c1-4-19(13-16-8-6-5-7-14(16)2)18(20)15-9-11-17(21-3)12-10-15/h5-12H,4,13H2,1-3H3. The van der Waals surface area contributed by atoms with Gasteiger partial charge in [-0.3, -0.25) is 4.79 Å². The highest BCUT2D eigenvalue weighted by Gasteiger charge is 2.15. The van der Waals surface area contributed by atoms with E-state index in [2.05, 4.69) is 19.1 Å². The second-order valence-electron chi connectivity index (χ2n) is 4.97. The Bertz CT molecular complexity index is 607. The third-order valence-electron chi connectivity index (χ3n) is 3.63. The highest BCUT2D eigenvalue weighted by molar-refractivity contribution is 7.98. The maximum absolute atomic E-state index is 12.6. The molecule has 0 saturated carbocycles. The Morgan fingerprint density at radius 2 is 1.76 bits per heavy atom. The zero-order chi connectivity index (χ0) is 15.2. The number of thioether (sulfide) groups is 1. The second kappa shape index (κ2) is 7.32. The number of carbonyl (C=O) groups excluding carboxylic acids is 1. The molecule has 0 aromatic heterocycles. The molecular weight excluding hydrogens is 278 g/mol. The molecule has 0 bridgehead atoms. The fourth-order valence-corrected chi connectivity index (χ4v) is 2.64. The Hall–Kier alpha value is -1.74. The predicted octanol–water partition coefficient (Wildman–Crippen LogP) is 4.38. The Labute approximate surface area is 131 Å². The summed E-state index contributed by atoms with van der Waals surface area (Å²) in [5.41, 5.74) is 3.18. The van der Waals surface area contributed by atoms with Crippen molar-refractivity contribution in [2.24, 2.45) is 0 Å². The smallest absolute Gasteiger partial charge is 0.254 e. The first-order valence-electron chi connectivity index (χ1n) is 7.13. The van der Waals surface area contributed by atoms with Crippen LogP contribution in [-0.2, 0) is 6.54 Å². The van der Waals surface area contributed by atoms with Gasteiger partial charge in [-0.25, -0.2) is 0 Å². The maximum Gasteiger partial charge on any atom is 0.254 e. The summed E-state index contributed by atoms with van der Waals surface area (Å²) in [5.74, 6) is 0.0911. The molecule has 110 valence electrons. The molecule has 0 atom stereocenters. The van der Waals surface area contributed by atoms with Crippen LogP contribution in [0.3, 0.4) is 0 Å². The lowest BCUT2D eigenvalue weighted by Crippen LogP contribution is -2.30. The summed E-state index contributed by atoms with van der Waals surface area (Å²) in [6.07, 6.45) is 2.04. The van der Waals surface area contributed by atoms with Crippen LogP contribution in [0.2, 0.25) is 0 Å². The quantitative estimate of drug-likeness (QED) is 0.764. The molecule has 0 N–H and O–H groups in total. The summed E-state index contributed by atoms with van der Waals surface area (Å²) in [6, 6.07) is 16.0. The van der Waals surface area contributed by atoms with Crippen LogP contribution in [0.1, 0.15) is 28.4 Å². The van der Waals surface area contributed by atoms with Gasteiger partial charge >= 0.3 is 0 Å². The molecule has 0 spiro atoms. The number of benzene rings is 2. The van der Waals surface area contributed by atoms with Gasteiger partial charge in [-0.2, -0.15) is 0 Å². The first kappa shape index (κ1) is 15.6. The van der Waals surface area contributed by atoms with Crippen LogP contribution in [0.5, 0.6) is 0 Å². The van der Waals surface area contributed by atoms with Gasteiger partial charge < -0.3 is 4.90 Å². The molecule has 0 saturated heterocycles. The number of nitrogens with zero attached hydrogens (tertiary/aromatic N) is 1. The van der Waals surface area contributed by atoms with Gasteiger partial charge in [0.15, 0.2) is 0 Å². The van der Waals surface area contributed by atoms with Crippen LogP contribution in [0.15, 0.2) is 53.4 Å². The molecule has 0 radical (unpaired) electrons. The lowest BCUT2D eigenvalue weighted by atomic mass is 10.1. The van der Waals surface area contributed by atoms with Crippen LogP contribution < -0.4 is 0 Å². The highest BCUT2D eigenvalue weighted by atomic mass is 32.2. The van der Waals surface area contributed by atoms with Crippen molar-refractivity contribution in [3.05, 3.63) is 65.2 Å². The minimum Gasteiger partial charge on any atom is -0.335 e. The summed E-state index contributed by atoms with van der Waals surface area (Å²) in [5, 5.41) is 0. The maximum atomic E-state index is 12.6. The molecule has 1 amide bonds. The van der Waals surface area contributed by atoms with Crippen LogP contribution in [0.25, 0.3) is 0 Å². The number of aryl methyl sites for hydroxylation is 1. The minimum atomic E-state index is 0.0911. The monoisotopic (exact) mass is 299 g/mol. The molecule has 3 heteroatoms. The highest BCUT2D eigenvalue weighted by Crippen LogP contribution is 2.17. The van der Waals surface area contributed by atoms with E-state index in [0.29, 0.717) is 13.1 Å². The number of hydrogen-bond acceptors (Lipinski definition) is 2. The van der Waals surface area contributed by atoms with Gasteiger partial charge in [-0.15, -0.1) is 11.8 Å². The molecule has 0 unspecified atom stereocenters. The molecule has 0 heterocycles. The van der Waals surface area contributed by atoms with Crippen molar-refractivity contribution >= 4 is 17.7 Å². The van der Waals surface area contributed by atoms with Crippen molar-refractivity contribution < 1.29 is 4.79 Å². The molecule has 2 nitrogen and oxygen atoms in total. The molecule has 0 aliphatic rings. The minimum absolute atomic E-state index is 0.0911. The lowest BCUT2D eigenvalue weighted by molar-refractivity contribution is 0.0752. The number of carbonyl (C=O) groups is 1. The summed E-state index contributed by atoms with van der Waals surface area (Å²) in [7, 11) is 0. The Morgan fingerprint density at radius 1 is 1.10 bits per heavy atom. The van der Waals surface area contributed by atoms with Crippen molar-refractivity contribution in [3.63, 3.8) is 0 Å². The van der Waals surface area contributed by atoms with E-state index in [9.17, 15) is 4.79 Å². The molecule has 0 aliphatic heterocycles. The topological polar surface area (TPSA) is 20.3 Å². The lowest BCUT2D eigenvalue weighted by Gasteiger charge is -2.22. The van der Waals surface area contributed by atoms with Crippen molar-refractivity contribution in [2.75, 3.05) is 12.8 Å². The molecule has 0 aliphatic carbocycles. The van der Waals surface area contributed by atoms with Crippen molar-refractivity contribution in [1.29, 1.82) is 0 Å². The second-order valence-corrected chi connectivity index (χ2v) is 5.85. The molecule has 0 fully saturated rings. The van der Waals surface area contributed by atoms with Gasteiger partial charge in [0.05, 0.1) is 0 Å². The largest absolute Gasteiger partial charge is 0.335 e. The fraction of sp³-hybridized carbons (Fsp3) is 0.278.